The smallest absolute Gasteiger partial charge is 0.0757 e. The maximum atomic E-state index is 3.75. The lowest BCUT2D eigenvalue weighted by molar-refractivity contribution is 0.650. The molecule has 2 N–H and O–H groups in total. The molecule has 0 aliphatic rings. The molecule has 0 heterocycles. The molecule has 4 aromatic carbocycles. The molecule has 2 nitrogen and oxygen atoms in total. The summed E-state index contributed by atoms with van der Waals surface area (Å²) in [4.78, 5) is 0. The van der Waals surface area contributed by atoms with Gasteiger partial charge in [0.05, 0.1) is 12.1 Å². The summed E-state index contributed by atoms with van der Waals surface area (Å²) in [6.07, 6.45) is 0. The van der Waals surface area contributed by atoms with Gasteiger partial charge in [-0.25, -0.2) is 0 Å². The Kier molecular flexibility index (Phi) is 5.69. The second kappa shape index (κ2) is 8.92. The van der Waals surface area contributed by atoms with Gasteiger partial charge >= 0.3 is 0 Å². The van der Waals surface area contributed by atoms with Crippen molar-refractivity contribution in [1.82, 2.24) is 0 Å². The van der Waals surface area contributed by atoms with Crippen molar-refractivity contribution >= 4 is 11.4 Å². The number of para-hydroxylation sites is 2. The zero-order chi connectivity index (χ0) is 19.0. The van der Waals surface area contributed by atoms with Crippen LogP contribution >= 0.6 is 0 Å². The van der Waals surface area contributed by atoms with E-state index in [9.17, 15) is 0 Å². The topological polar surface area (TPSA) is 24.1 Å². The summed E-state index contributed by atoms with van der Waals surface area (Å²) in [5.74, 6) is 0. The van der Waals surface area contributed by atoms with Crippen LogP contribution in [0.5, 0.6) is 0 Å². The second-order valence-electron chi connectivity index (χ2n) is 6.80. The molecule has 4 aromatic rings. The number of hydrogen-bond acceptors (Lipinski definition) is 2. The Morgan fingerprint density at radius 2 is 0.643 bits per heavy atom. The maximum Gasteiger partial charge on any atom is 0.0757 e. The molecule has 138 valence electrons. The molecule has 2 atom stereocenters. The fourth-order valence-electron chi connectivity index (χ4n) is 3.47. The number of nitrogens with one attached hydrogen (secondary N) is 2. The summed E-state index contributed by atoms with van der Waals surface area (Å²) >= 11 is 0. The lowest BCUT2D eigenvalue weighted by Gasteiger charge is -2.31. The molecule has 0 aromatic heterocycles. The van der Waals surface area contributed by atoms with E-state index >= 15 is 0 Å². The first-order chi connectivity index (χ1) is 13.9. The number of anilines is 2. The lowest BCUT2D eigenvalue weighted by Crippen LogP contribution is -2.25. The molecular formula is C26H24N2. The number of rotatable bonds is 7. The van der Waals surface area contributed by atoms with E-state index in [1.54, 1.807) is 0 Å². The number of benzene rings is 4. The van der Waals surface area contributed by atoms with Gasteiger partial charge in [-0.05, 0) is 35.4 Å². The average Bonchev–Trinajstić information content (AvgIpc) is 2.79. The zero-order valence-corrected chi connectivity index (χ0v) is 15.7. The summed E-state index contributed by atoms with van der Waals surface area (Å²) < 4.78 is 0. The third-order valence-electron chi connectivity index (χ3n) is 4.84. The normalized spacial score (nSPS) is 12.7. The van der Waals surface area contributed by atoms with Crippen molar-refractivity contribution < 1.29 is 0 Å². The Hall–Kier alpha value is -3.52. The minimum Gasteiger partial charge on any atom is -0.376 e. The van der Waals surface area contributed by atoms with Gasteiger partial charge < -0.3 is 10.6 Å². The molecule has 4 rings (SSSR count). The molecule has 0 spiro atoms. The van der Waals surface area contributed by atoms with Gasteiger partial charge in [-0.2, -0.15) is 0 Å². The van der Waals surface area contributed by atoms with Gasteiger partial charge in [-0.1, -0.05) is 97.1 Å². The van der Waals surface area contributed by atoms with Crippen molar-refractivity contribution in [3.8, 4) is 0 Å². The Balaban J connectivity index is 1.76. The SMILES string of the molecule is c1ccc(N[C@H](c2ccccc2)[C@@H](Nc2ccccc2)c2ccccc2)cc1. The van der Waals surface area contributed by atoms with E-state index in [0.717, 1.165) is 11.4 Å². The van der Waals surface area contributed by atoms with E-state index in [0.29, 0.717) is 0 Å². The first kappa shape index (κ1) is 17.9. The van der Waals surface area contributed by atoms with E-state index in [2.05, 4.69) is 120 Å². The summed E-state index contributed by atoms with van der Waals surface area (Å²) in [6, 6.07) is 42.1. The van der Waals surface area contributed by atoms with Crippen LogP contribution in [0.3, 0.4) is 0 Å². The molecule has 0 radical (unpaired) electrons. The van der Waals surface area contributed by atoms with Crippen LogP contribution < -0.4 is 10.6 Å². The highest BCUT2D eigenvalue weighted by atomic mass is 15.0. The van der Waals surface area contributed by atoms with Crippen LogP contribution in [0.25, 0.3) is 0 Å². The van der Waals surface area contributed by atoms with Crippen molar-refractivity contribution in [1.29, 1.82) is 0 Å². The Labute approximate surface area is 166 Å². The van der Waals surface area contributed by atoms with Gasteiger partial charge in [0.1, 0.15) is 0 Å². The third kappa shape index (κ3) is 4.41. The van der Waals surface area contributed by atoms with Gasteiger partial charge in [0, 0.05) is 11.4 Å². The maximum absolute atomic E-state index is 3.75. The Morgan fingerprint density at radius 1 is 0.357 bits per heavy atom. The van der Waals surface area contributed by atoms with E-state index in [1.165, 1.54) is 11.1 Å². The molecule has 0 fully saturated rings. The minimum absolute atomic E-state index is 0.0613. The molecule has 0 amide bonds. The van der Waals surface area contributed by atoms with Gasteiger partial charge in [-0.3, -0.25) is 0 Å². The first-order valence-electron chi connectivity index (χ1n) is 9.63. The van der Waals surface area contributed by atoms with Crippen molar-refractivity contribution in [2.45, 2.75) is 12.1 Å². The van der Waals surface area contributed by atoms with Crippen LogP contribution in [0, 0.1) is 0 Å². The number of hydrogen-bond donors (Lipinski definition) is 2. The van der Waals surface area contributed by atoms with E-state index in [-0.39, 0.29) is 12.1 Å². The summed E-state index contributed by atoms with van der Waals surface area (Å²) in [6.45, 7) is 0. The predicted molar refractivity (Wildman–Crippen MR) is 118 cm³/mol. The van der Waals surface area contributed by atoms with Crippen molar-refractivity contribution in [3.63, 3.8) is 0 Å². The van der Waals surface area contributed by atoms with E-state index < -0.39 is 0 Å². The molecule has 0 aliphatic carbocycles. The lowest BCUT2D eigenvalue weighted by atomic mass is 9.92. The highest BCUT2D eigenvalue weighted by Crippen LogP contribution is 2.35. The fraction of sp³-hybridized carbons (Fsp3) is 0.0769. The van der Waals surface area contributed by atoms with Gasteiger partial charge in [0.2, 0.25) is 0 Å². The van der Waals surface area contributed by atoms with Gasteiger partial charge in [0.15, 0.2) is 0 Å². The van der Waals surface area contributed by atoms with E-state index in [4.69, 9.17) is 0 Å². The van der Waals surface area contributed by atoms with Crippen LogP contribution in [0.4, 0.5) is 11.4 Å². The molecule has 28 heavy (non-hydrogen) atoms. The molecule has 0 saturated heterocycles. The van der Waals surface area contributed by atoms with Crippen molar-refractivity contribution in [2.75, 3.05) is 10.6 Å². The first-order valence-corrected chi connectivity index (χ1v) is 9.63. The fourth-order valence-corrected chi connectivity index (χ4v) is 3.47. The quantitative estimate of drug-likeness (QED) is 0.381. The third-order valence-corrected chi connectivity index (χ3v) is 4.84. The largest absolute Gasteiger partial charge is 0.376 e. The van der Waals surface area contributed by atoms with E-state index in [1.807, 2.05) is 12.1 Å². The van der Waals surface area contributed by atoms with Crippen molar-refractivity contribution in [3.05, 3.63) is 132 Å². The monoisotopic (exact) mass is 364 g/mol. The highest BCUT2D eigenvalue weighted by Gasteiger charge is 2.25. The van der Waals surface area contributed by atoms with Gasteiger partial charge in [-0.15, -0.1) is 0 Å². The Bertz CT molecular complexity index is 871. The molecule has 2 heteroatoms. The van der Waals surface area contributed by atoms with Crippen molar-refractivity contribution in [2.24, 2.45) is 0 Å². The van der Waals surface area contributed by atoms with Gasteiger partial charge in [0.25, 0.3) is 0 Å². The highest BCUT2D eigenvalue weighted by molar-refractivity contribution is 5.51. The predicted octanol–water partition coefficient (Wildman–Crippen LogP) is 6.69. The second-order valence-corrected chi connectivity index (χ2v) is 6.80. The molecule has 0 unspecified atom stereocenters. The Morgan fingerprint density at radius 3 is 0.964 bits per heavy atom. The summed E-state index contributed by atoms with van der Waals surface area (Å²) in [5, 5.41) is 7.50. The standard InChI is InChI=1S/C26H24N2/c1-5-13-21(14-6-1)25(27-23-17-9-3-10-18-23)26(22-15-7-2-8-16-22)28-24-19-11-4-12-20-24/h1-20,25-28H/t25-,26+. The van der Waals surface area contributed by atoms with Crippen LogP contribution in [-0.4, -0.2) is 0 Å². The molecule has 0 aliphatic heterocycles. The molecular weight excluding hydrogens is 340 g/mol. The summed E-state index contributed by atoms with van der Waals surface area (Å²) in [5.41, 5.74) is 4.69. The summed E-state index contributed by atoms with van der Waals surface area (Å²) in [7, 11) is 0. The van der Waals surface area contributed by atoms with Crippen LogP contribution in [0.1, 0.15) is 23.2 Å². The van der Waals surface area contributed by atoms with Crippen LogP contribution in [0.15, 0.2) is 121 Å². The molecule has 0 bridgehead atoms. The average molecular weight is 364 g/mol. The molecule has 0 saturated carbocycles. The van der Waals surface area contributed by atoms with Crippen LogP contribution in [0.2, 0.25) is 0 Å². The minimum atomic E-state index is 0.0613. The zero-order valence-electron chi connectivity index (χ0n) is 15.7. The van der Waals surface area contributed by atoms with Crippen LogP contribution in [-0.2, 0) is 0 Å².